The van der Waals surface area contributed by atoms with Crippen LogP contribution in [0.5, 0.6) is 5.75 Å². The molecule has 12 nitrogen and oxygen atoms in total. The molecule has 0 unspecified atom stereocenters. The van der Waals surface area contributed by atoms with Crippen LogP contribution in [0.15, 0.2) is 72.8 Å². The predicted molar refractivity (Wildman–Crippen MR) is 190 cm³/mol. The number of nitrogen functional groups attached to an aromatic ring is 1. The van der Waals surface area contributed by atoms with Crippen LogP contribution in [-0.4, -0.2) is 118 Å². The topological polar surface area (TPSA) is 138 Å². The van der Waals surface area contributed by atoms with Crippen molar-refractivity contribution in [1.29, 1.82) is 0 Å². The summed E-state index contributed by atoms with van der Waals surface area (Å²) in [6, 6.07) is 23.8. The fourth-order valence-electron chi connectivity index (χ4n) is 5.22. The normalized spacial score (nSPS) is 12.1. The predicted octanol–water partition coefficient (Wildman–Crippen LogP) is 4.69. The lowest BCUT2D eigenvalue weighted by atomic mass is 9.98. The third-order valence-corrected chi connectivity index (χ3v) is 7.69. The molecular weight excluding hydrogens is 644 g/mol. The van der Waals surface area contributed by atoms with Crippen LogP contribution in [0.1, 0.15) is 23.5 Å². The van der Waals surface area contributed by atoms with Crippen LogP contribution < -0.4 is 15.8 Å². The molecule has 0 spiro atoms. The first-order chi connectivity index (χ1) is 24.7. The summed E-state index contributed by atoms with van der Waals surface area (Å²) >= 11 is 0. The molecule has 0 saturated carbocycles. The number of nitrogens with one attached hydrogen (secondary N) is 1. The molecule has 0 fully saturated rings. The SMILES string of the molecule is Nc1ccc(OCCOCCOCCOCCOCCOCCOCCOCCCNC(=O)OCC2c3ccccc3-c3ccccc32)cc1. The van der Waals surface area contributed by atoms with Crippen LogP contribution in [0.4, 0.5) is 10.5 Å². The number of ether oxygens (including phenoxy) is 9. The summed E-state index contributed by atoms with van der Waals surface area (Å²) in [6.07, 6.45) is 0.272. The molecule has 0 aliphatic heterocycles. The van der Waals surface area contributed by atoms with Gasteiger partial charge in [0.25, 0.3) is 0 Å². The monoisotopic (exact) mass is 696 g/mol. The number of fused-ring (bicyclic) bond motifs is 3. The number of carbonyl (C=O) groups excluding carboxylic acids is 1. The Balaban J connectivity index is 0.822. The Bertz CT molecular complexity index is 1300. The fraction of sp³-hybridized carbons (Fsp3) is 0.500. The van der Waals surface area contributed by atoms with Gasteiger partial charge in [0.1, 0.15) is 19.0 Å². The van der Waals surface area contributed by atoms with E-state index in [0.29, 0.717) is 124 Å². The number of hydrogen-bond donors (Lipinski definition) is 2. The molecule has 0 radical (unpaired) electrons. The Morgan fingerprint density at radius 2 is 0.960 bits per heavy atom. The van der Waals surface area contributed by atoms with Crippen LogP contribution in [0.25, 0.3) is 11.1 Å². The molecule has 50 heavy (non-hydrogen) atoms. The number of nitrogens with two attached hydrogens (primary N) is 1. The molecule has 0 aromatic heterocycles. The molecule has 0 atom stereocenters. The minimum absolute atomic E-state index is 0.0512. The summed E-state index contributed by atoms with van der Waals surface area (Å²) in [5.74, 6) is 0.820. The maximum absolute atomic E-state index is 12.3. The van der Waals surface area contributed by atoms with Crippen LogP contribution >= 0.6 is 0 Å². The molecular formula is C38H52N2O10. The average Bonchev–Trinajstić information content (AvgIpc) is 3.46. The largest absolute Gasteiger partial charge is 0.491 e. The zero-order valence-electron chi connectivity index (χ0n) is 28.9. The van der Waals surface area contributed by atoms with Gasteiger partial charge in [-0.1, -0.05) is 48.5 Å². The van der Waals surface area contributed by atoms with Gasteiger partial charge in [0.15, 0.2) is 0 Å². The van der Waals surface area contributed by atoms with Gasteiger partial charge in [-0.2, -0.15) is 0 Å². The van der Waals surface area contributed by atoms with Gasteiger partial charge < -0.3 is 53.7 Å². The summed E-state index contributed by atoms with van der Waals surface area (Å²) < 4.78 is 49.7. The van der Waals surface area contributed by atoms with Crippen molar-refractivity contribution in [2.45, 2.75) is 12.3 Å². The van der Waals surface area contributed by atoms with Crippen molar-refractivity contribution >= 4 is 11.8 Å². The molecule has 12 heteroatoms. The number of benzene rings is 3. The second-order valence-electron chi connectivity index (χ2n) is 11.3. The Kier molecular flexibility index (Phi) is 19.1. The smallest absolute Gasteiger partial charge is 0.407 e. The highest BCUT2D eigenvalue weighted by atomic mass is 16.6. The first-order valence-electron chi connectivity index (χ1n) is 17.3. The van der Waals surface area contributed by atoms with E-state index >= 15 is 0 Å². The number of alkyl carbamates (subject to hydrolysis) is 1. The first-order valence-corrected chi connectivity index (χ1v) is 17.3. The van der Waals surface area contributed by atoms with Crippen molar-refractivity contribution in [3.63, 3.8) is 0 Å². The van der Waals surface area contributed by atoms with Crippen LogP contribution in [0.3, 0.4) is 0 Å². The van der Waals surface area contributed by atoms with E-state index in [-0.39, 0.29) is 5.92 Å². The van der Waals surface area contributed by atoms with Gasteiger partial charge >= 0.3 is 6.09 Å². The summed E-state index contributed by atoms with van der Waals surface area (Å²) in [6.45, 7) is 8.18. The second kappa shape index (κ2) is 24.4. The molecule has 1 amide bonds. The number of carbonyl (C=O) groups is 1. The number of rotatable bonds is 28. The second-order valence-corrected chi connectivity index (χ2v) is 11.3. The van der Waals surface area contributed by atoms with Crippen molar-refractivity contribution in [2.75, 3.05) is 118 Å². The minimum Gasteiger partial charge on any atom is -0.491 e. The highest BCUT2D eigenvalue weighted by Crippen LogP contribution is 2.44. The van der Waals surface area contributed by atoms with Crippen molar-refractivity contribution in [2.24, 2.45) is 0 Å². The molecule has 0 saturated heterocycles. The summed E-state index contributed by atoms with van der Waals surface area (Å²) in [4.78, 5) is 12.3. The average molecular weight is 697 g/mol. The van der Waals surface area contributed by atoms with Crippen molar-refractivity contribution in [3.8, 4) is 16.9 Å². The Morgan fingerprint density at radius 3 is 1.44 bits per heavy atom. The minimum atomic E-state index is -0.414. The highest BCUT2D eigenvalue weighted by molar-refractivity contribution is 5.79. The molecule has 4 rings (SSSR count). The van der Waals surface area contributed by atoms with Gasteiger partial charge in [-0.3, -0.25) is 0 Å². The molecule has 1 aliphatic rings. The lowest BCUT2D eigenvalue weighted by Gasteiger charge is -2.14. The summed E-state index contributed by atoms with van der Waals surface area (Å²) in [7, 11) is 0. The summed E-state index contributed by atoms with van der Waals surface area (Å²) in [5, 5.41) is 2.80. The van der Waals surface area contributed by atoms with E-state index < -0.39 is 6.09 Å². The van der Waals surface area contributed by atoms with Gasteiger partial charge in [0.05, 0.1) is 85.9 Å². The highest BCUT2D eigenvalue weighted by Gasteiger charge is 2.28. The van der Waals surface area contributed by atoms with Gasteiger partial charge in [-0.15, -0.1) is 0 Å². The van der Waals surface area contributed by atoms with E-state index in [1.165, 1.54) is 22.3 Å². The lowest BCUT2D eigenvalue weighted by molar-refractivity contribution is -0.0212. The van der Waals surface area contributed by atoms with E-state index in [1.54, 1.807) is 12.1 Å². The third kappa shape index (κ3) is 15.0. The Morgan fingerprint density at radius 1 is 0.540 bits per heavy atom. The molecule has 274 valence electrons. The first kappa shape index (κ1) is 39.0. The quantitative estimate of drug-likeness (QED) is 0.0808. The maximum atomic E-state index is 12.3. The van der Waals surface area contributed by atoms with E-state index in [9.17, 15) is 4.79 Å². The van der Waals surface area contributed by atoms with E-state index in [0.717, 1.165) is 5.75 Å². The third-order valence-electron chi connectivity index (χ3n) is 7.69. The molecule has 3 aromatic carbocycles. The van der Waals surface area contributed by atoms with E-state index in [4.69, 9.17) is 48.4 Å². The van der Waals surface area contributed by atoms with Gasteiger partial charge in [0, 0.05) is 24.8 Å². The number of anilines is 1. The number of hydrogen-bond acceptors (Lipinski definition) is 11. The van der Waals surface area contributed by atoms with E-state index in [2.05, 4.69) is 29.6 Å². The van der Waals surface area contributed by atoms with Crippen molar-refractivity contribution in [3.05, 3.63) is 83.9 Å². The standard InChI is InChI=1S/C38H52N2O10/c39-31-10-12-32(13-11-31)49-29-28-48-27-26-47-25-24-46-23-22-45-21-20-44-19-18-43-17-16-42-15-5-14-40-38(41)50-30-37-35-8-3-1-6-33(35)34-7-2-4-9-36(34)37/h1-4,6-13,37H,5,14-30,39H2,(H,40,41). The van der Waals surface area contributed by atoms with Crippen LogP contribution in [-0.2, 0) is 37.9 Å². The van der Waals surface area contributed by atoms with Crippen molar-refractivity contribution < 1.29 is 47.4 Å². The Hall–Kier alpha value is -3.75. The molecule has 0 bridgehead atoms. The summed E-state index contributed by atoms with van der Waals surface area (Å²) in [5.41, 5.74) is 11.2. The lowest BCUT2D eigenvalue weighted by Crippen LogP contribution is -2.27. The number of amides is 1. The molecule has 3 aromatic rings. The van der Waals surface area contributed by atoms with Gasteiger partial charge in [-0.25, -0.2) is 4.79 Å². The maximum Gasteiger partial charge on any atom is 0.407 e. The van der Waals surface area contributed by atoms with Crippen LogP contribution in [0, 0.1) is 0 Å². The molecule has 1 aliphatic carbocycles. The van der Waals surface area contributed by atoms with Crippen LogP contribution in [0.2, 0.25) is 0 Å². The molecule has 3 N–H and O–H groups in total. The zero-order valence-corrected chi connectivity index (χ0v) is 28.9. The van der Waals surface area contributed by atoms with Crippen molar-refractivity contribution in [1.82, 2.24) is 5.32 Å². The zero-order chi connectivity index (χ0) is 34.9. The Labute approximate surface area is 295 Å². The van der Waals surface area contributed by atoms with E-state index in [1.807, 2.05) is 36.4 Å². The molecule has 0 heterocycles. The van der Waals surface area contributed by atoms with Gasteiger partial charge in [-0.05, 0) is 52.9 Å². The van der Waals surface area contributed by atoms with Gasteiger partial charge in [0.2, 0.25) is 0 Å². The fourth-order valence-corrected chi connectivity index (χ4v) is 5.22.